The van der Waals surface area contributed by atoms with Crippen molar-refractivity contribution in [3.05, 3.63) is 82.3 Å². The van der Waals surface area contributed by atoms with Crippen LogP contribution in [0.25, 0.3) is 0 Å². The van der Waals surface area contributed by atoms with Crippen molar-refractivity contribution in [1.29, 1.82) is 0 Å². The van der Waals surface area contributed by atoms with Crippen LogP contribution in [0.2, 0.25) is 0 Å². The topological polar surface area (TPSA) is 126 Å². The first kappa shape index (κ1) is 30.6. The van der Waals surface area contributed by atoms with Crippen molar-refractivity contribution in [3.8, 4) is 11.5 Å². The number of hydrazone groups is 1. The van der Waals surface area contributed by atoms with Crippen LogP contribution in [-0.4, -0.2) is 52.8 Å². The fourth-order valence-electron chi connectivity index (χ4n) is 3.47. The average molecular weight is 632 g/mol. The molecule has 3 aromatic rings. The van der Waals surface area contributed by atoms with Gasteiger partial charge in [-0.2, -0.15) is 5.10 Å². The third-order valence-electron chi connectivity index (χ3n) is 5.42. The number of hydrogen-bond acceptors (Lipinski definition) is 7. The number of sulfonamides is 1. The van der Waals surface area contributed by atoms with E-state index in [2.05, 4.69) is 31.8 Å². The lowest BCUT2D eigenvalue weighted by atomic mass is 10.2. The summed E-state index contributed by atoms with van der Waals surface area (Å²) in [5.41, 5.74) is 4.31. The minimum Gasteiger partial charge on any atom is -0.496 e. The smallest absolute Gasteiger partial charge is 0.264 e. The van der Waals surface area contributed by atoms with E-state index in [-0.39, 0.29) is 23.5 Å². The van der Waals surface area contributed by atoms with Crippen molar-refractivity contribution in [2.75, 3.05) is 24.6 Å². The number of hydrogen-bond donors (Lipinski definition) is 2. The summed E-state index contributed by atoms with van der Waals surface area (Å²) in [4.78, 5) is 24.5. The summed E-state index contributed by atoms with van der Waals surface area (Å²) in [6.45, 7) is 5.01. The second kappa shape index (κ2) is 13.9. The maximum absolute atomic E-state index is 13.6. The zero-order valence-corrected chi connectivity index (χ0v) is 25.0. The highest BCUT2D eigenvalue weighted by Gasteiger charge is 2.28. The number of benzene rings is 3. The van der Waals surface area contributed by atoms with Crippen LogP contribution >= 0.6 is 15.9 Å². The van der Waals surface area contributed by atoms with Gasteiger partial charge in [0, 0.05) is 6.04 Å². The summed E-state index contributed by atoms with van der Waals surface area (Å²) in [5, 5.41) is 6.70. The number of ether oxygens (including phenoxy) is 2. The van der Waals surface area contributed by atoms with Crippen LogP contribution in [-0.2, 0) is 19.6 Å². The Balaban J connectivity index is 1.69. The lowest BCUT2D eigenvalue weighted by molar-refractivity contribution is -0.123. The van der Waals surface area contributed by atoms with Crippen LogP contribution in [0.15, 0.2) is 81.2 Å². The van der Waals surface area contributed by atoms with E-state index in [1.54, 1.807) is 48.5 Å². The van der Waals surface area contributed by atoms with Gasteiger partial charge >= 0.3 is 0 Å². The molecule has 12 heteroatoms. The quantitative estimate of drug-likeness (QED) is 0.230. The minimum atomic E-state index is -4.12. The molecule has 0 aromatic heterocycles. The molecule has 0 aliphatic rings. The number of anilines is 1. The van der Waals surface area contributed by atoms with Crippen LogP contribution in [0.5, 0.6) is 11.5 Å². The van der Waals surface area contributed by atoms with Crippen LogP contribution in [0.4, 0.5) is 5.69 Å². The van der Waals surface area contributed by atoms with Gasteiger partial charge in [-0.05, 0) is 96.9 Å². The Bertz CT molecular complexity index is 1460. The van der Waals surface area contributed by atoms with E-state index in [9.17, 15) is 18.0 Å². The summed E-state index contributed by atoms with van der Waals surface area (Å²) < 4.78 is 39.3. The van der Waals surface area contributed by atoms with Gasteiger partial charge in [-0.1, -0.05) is 17.7 Å². The Morgan fingerprint density at radius 3 is 2.30 bits per heavy atom. The molecule has 0 bridgehead atoms. The van der Waals surface area contributed by atoms with E-state index < -0.39 is 22.5 Å². The molecule has 0 aliphatic carbocycles. The van der Waals surface area contributed by atoms with Gasteiger partial charge in [0.2, 0.25) is 0 Å². The van der Waals surface area contributed by atoms with E-state index >= 15 is 0 Å². The lowest BCUT2D eigenvalue weighted by Crippen LogP contribution is -2.39. The number of carbonyl (C=O) groups excluding carboxylic acids is 2. The van der Waals surface area contributed by atoms with Crippen LogP contribution in [0.3, 0.4) is 0 Å². The first-order chi connectivity index (χ1) is 19.0. The highest BCUT2D eigenvalue weighted by atomic mass is 79.9. The van der Waals surface area contributed by atoms with Crippen LogP contribution in [0, 0.1) is 6.92 Å². The van der Waals surface area contributed by atoms with E-state index in [0.29, 0.717) is 27.2 Å². The molecule has 0 fully saturated rings. The maximum atomic E-state index is 13.6. The molecule has 0 atom stereocenters. The second-order valence-corrected chi connectivity index (χ2v) is 11.7. The first-order valence-electron chi connectivity index (χ1n) is 12.3. The number of amides is 2. The maximum Gasteiger partial charge on any atom is 0.264 e. The number of aryl methyl sites for hydroxylation is 1. The van der Waals surface area contributed by atoms with Crippen molar-refractivity contribution >= 4 is 49.7 Å². The zero-order valence-electron chi connectivity index (χ0n) is 22.5. The fraction of sp³-hybridized carbons (Fsp3) is 0.250. The van der Waals surface area contributed by atoms with Crippen LogP contribution in [0.1, 0.15) is 25.0 Å². The SMILES string of the molecule is COc1ccc(S(=O)(=O)N(CC(=O)N/N=C\c2ccc(OCC(=O)NC(C)C)cc2)c2ccc(C)cc2)cc1Br. The number of halogens is 1. The van der Waals surface area contributed by atoms with E-state index in [1.165, 1.54) is 31.5 Å². The highest BCUT2D eigenvalue weighted by Crippen LogP contribution is 2.30. The highest BCUT2D eigenvalue weighted by molar-refractivity contribution is 9.10. The van der Waals surface area contributed by atoms with Gasteiger partial charge in [-0.25, -0.2) is 13.8 Å². The molecule has 0 unspecified atom stereocenters. The number of carbonyl (C=O) groups is 2. The monoisotopic (exact) mass is 630 g/mol. The summed E-state index contributed by atoms with van der Waals surface area (Å²) in [7, 11) is -2.64. The summed E-state index contributed by atoms with van der Waals surface area (Å²) >= 11 is 3.32. The third-order valence-corrected chi connectivity index (χ3v) is 7.81. The van der Waals surface area contributed by atoms with Crippen molar-refractivity contribution in [2.24, 2.45) is 5.10 Å². The summed E-state index contributed by atoms with van der Waals surface area (Å²) in [6.07, 6.45) is 1.42. The van der Waals surface area contributed by atoms with Gasteiger partial charge < -0.3 is 14.8 Å². The van der Waals surface area contributed by atoms with Crippen molar-refractivity contribution in [3.63, 3.8) is 0 Å². The Hall–Kier alpha value is -3.90. The zero-order chi connectivity index (χ0) is 29.3. The fourth-order valence-corrected chi connectivity index (χ4v) is 5.61. The van der Waals surface area contributed by atoms with E-state index in [1.807, 2.05) is 20.8 Å². The molecule has 0 saturated heterocycles. The molecule has 3 rings (SSSR count). The van der Waals surface area contributed by atoms with Gasteiger partial charge in [0.15, 0.2) is 6.61 Å². The van der Waals surface area contributed by atoms with Crippen molar-refractivity contribution < 1.29 is 27.5 Å². The molecule has 10 nitrogen and oxygen atoms in total. The molecule has 0 spiro atoms. The molecule has 212 valence electrons. The van der Waals surface area contributed by atoms with E-state index in [4.69, 9.17) is 9.47 Å². The number of rotatable bonds is 12. The number of methoxy groups -OCH3 is 1. The van der Waals surface area contributed by atoms with Gasteiger partial charge in [-0.15, -0.1) is 0 Å². The first-order valence-corrected chi connectivity index (χ1v) is 14.5. The normalized spacial score (nSPS) is 11.3. The predicted octanol–water partition coefficient (Wildman–Crippen LogP) is 4.02. The Labute approximate surface area is 242 Å². The van der Waals surface area contributed by atoms with Crippen molar-refractivity contribution in [1.82, 2.24) is 10.7 Å². The average Bonchev–Trinajstić information content (AvgIpc) is 2.91. The minimum absolute atomic E-state index is 0.0129. The number of nitrogens with one attached hydrogen (secondary N) is 2. The Kier molecular flexibility index (Phi) is 10.7. The van der Waals surface area contributed by atoms with E-state index in [0.717, 1.165) is 9.87 Å². The molecule has 2 N–H and O–H groups in total. The second-order valence-electron chi connectivity index (χ2n) is 9.02. The summed E-state index contributed by atoms with van der Waals surface area (Å²) in [5.74, 6) is 0.127. The standard InChI is InChI=1S/C28H31BrN4O6S/c1-19(2)31-28(35)18-39-23-11-7-21(8-12-23)16-30-32-27(34)17-33(22-9-5-20(3)6-10-22)40(36,37)24-13-14-26(38-4)25(29)15-24/h5-16,19H,17-18H2,1-4H3,(H,31,35)(H,32,34)/b30-16-. The molecule has 2 amide bonds. The molecule has 0 saturated carbocycles. The molecular formula is C28H31BrN4O6S. The van der Waals surface area contributed by atoms with Gasteiger partial charge in [0.1, 0.15) is 18.0 Å². The molecule has 3 aromatic carbocycles. The van der Waals surface area contributed by atoms with Gasteiger partial charge in [0.25, 0.3) is 21.8 Å². The molecule has 0 aliphatic heterocycles. The van der Waals surface area contributed by atoms with Crippen molar-refractivity contribution in [2.45, 2.75) is 31.7 Å². The van der Waals surface area contributed by atoms with Gasteiger partial charge in [0.05, 0.1) is 28.4 Å². The molecular weight excluding hydrogens is 600 g/mol. The van der Waals surface area contributed by atoms with Gasteiger partial charge in [-0.3, -0.25) is 13.9 Å². The summed E-state index contributed by atoms with van der Waals surface area (Å²) in [6, 6.07) is 18.0. The Morgan fingerprint density at radius 1 is 1.02 bits per heavy atom. The number of nitrogens with zero attached hydrogens (tertiary/aromatic N) is 2. The lowest BCUT2D eigenvalue weighted by Gasteiger charge is -2.24. The Morgan fingerprint density at radius 2 is 1.70 bits per heavy atom. The van der Waals surface area contributed by atoms with Crippen LogP contribution < -0.4 is 24.5 Å². The predicted molar refractivity (Wildman–Crippen MR) is 157 cm³/mol. The molecule has 40 heavy (non-hydrogen) atoms. The molecule has 0 heterocycles. The third kappa shape index (κ3) is 8.55. The molecule has 0 radical (unpaired) electrons. The largest absolute Gasteiger partial charge is 0.496 e.